The van der Waals surface area contributed by atoms with Gasteiger partial charge in [0.25, 0.3) is 0 Å². The summed E-state index contributed by atoms with van der Waals surface area (Å²) in [7, 11) is 1.45. The van der Waals surface area contributed by atoms with E-state index in [1.807, 2.05) is 6.92 Å². The molecule has 0 spiro atoms. The maximum Gasteiger partial charge on any atom is 0.242 e. The molecule has 7 heteroatoms. The molecular formula is C6H10N4O2S. The number of carbonyl (C=O) groups excluding carboxylic acids is 1. The minimum Gasteiger partial charge on any atom is -0.305 e. The van der Waals surface area contributed by atoms with Gasteiger partial charge in [0.15, 0.2) is 0 Å². The second-order valence-electron chi connectivity index (χ2n) is 2.20. The van der Waals surface area contributed by atoms with Crippen molar-refractivity contribution in [2.45, 2.75) is 6.92 Å². The molecule has 1 aromatic heterocycles. The van der Waals surface area contributed by atoms with Gasteiger partial charge in [-0.05, 0) is 6.92 Å². The number of amides is 1. The van der Waals surface area contributed by atoms with Crippen LogP contribution in [0, 0.1) is 6.92 Å². The number of anilines is 1. The van der Waals surface area contributed by atoms with Gasteiger partial charge in [-0.25, -0.2) is 0 Å². The molecule has 0 bridgehead atoms. The van der Waals surface area contributed by atoms with Gasteiger partial charge in [-0.2, -0.15) is 5.48 Å². The van der Waals surface area contributed by atoms with Gasteiger partial charge in [-0.1, -0.05) is 11.3 Å². The van der Waals surface area contributed by atoms with Crippen LogP contribution in [-0.2, 0) is 9.63 Å². The van der Waals surface area contributed by atoms with E-state index >= 15 is 0 Å². The summed E-state index contributed by atoms with van der Waals surface area (Å²) in [5, 5.41) is 11.4. The normalized spacial score (nSPS) is 10.0. The Labute approximate surface area is 79.3 Å². The summed E-state index contributed by atoms with van der Waals surface area (Å²) in [5.74, 6) is -0.210. The van der Waals surface area contributed by atoms with Gasteiger partial charge in [-0.3, -0.25) is 10.1 Å². The summed E-state index contributed by atoms with van der Waals surface area (Å²) in [6, 6.07) is 0. The zero-order chi connectivity index (χ0) is 9.68. The van der Waals surface area contributed by atoms with Crippen molar-refractivity contribution in [2.24, 2.45) is 0 Å². The first-order valence-corrected chi connectivity index (χ1v) is 4.40. The lowest BCUT2D eigenvalue weighted by Crippen LogP contribution is -2.27. The van der Waals surface area contributed by atoms with Crippen LogP contribution in [0.3, 0.4) is 0 Å². The second-order valence-corrected chi connectivity index (χ2v) is 3.38. The Balaban J connectivity index is 2.36. The van der Waals surface area contributed by atoms with Crippen molar-refractivity contribution >= 4 is 22.4 Å². The number of hydrogen-bond acceptors (Lipinski definition) is 6. The van der Waals surface area contributed by atoms with Crippen LogP contribution in [0.25, 0.3) is 0 Å². The van der Waals surface area contributed by atoms with Crippen LogP contribution < -0.4 is 10.8 Å². The number of hydroxylamine groups is 1. The molecule has 6 nitrogen and oxygen atoms in total. The first-order valence-electron chi connectivity index (χ1n) is 3.58. The van der Waals surface area contributed by atoms with Crippen LogP contribution in [0.15, 0.2) is 0 Å². The van der Waals surface area contributed by atoms with Gasteiger partial charge < -0.3 is 4.84 Å². The average Bonchev–Trinajstić information content (AvgIpc) is 2.48. The third kappa shape index (κ3) is 3.45. The van der Waals surface area contributed by atoms with Crippen molar-refractivity contribution in [1.82, 2.24) is 15.7 Å². The fourth-order valence-electron chi connectivity index (χ4n) is 0.648. The van der Waals surface area contributed by atoms with Gasteiger partial charge in [0.1, 0.15) is 11.6 Å². The van der Waals surface area contributed by atoms with Crippen LogP contribution in [0.2, 0.25) is 0 Å². The standard InChI is InChI=1S/C6H10N4O2S/c1-4-9-10-6(13-4)8-5(11)3-7-12-2/h7H,3H2,1-2H3,(H,8,10,11). The number of nitrogens with one attached hydrogen (secondary N) is 2. The SMILES string of the molecule is CONCC(=O)Nc1nnc(C)s1. The quantitative estimate of drug-likeness (QED) is 0.669. The number of hydrogen-bond donors (Lipinski definition) is 2. The van der Waals surface area contributed by atoms with Gasteiger partial charge in [0, 0.05) is 0 Å². The van der Waals surface area contributed by atoms with Gasteiger partial charge in [-0.15, -0.1) is 10.2 Å². The third-order valence-corrected chi connectivity index (χ3v) is 1.90. The van der Waals surface area contributed by atoms with Crippen molar-refractivity contribution < 1.29 is 9.63 Å². The molecule has 0 aliphatic rings. The first kappa shape index (κ1) is 10.0. The van der Waals surface area contributed by atoms with Crippen LogP contribution in [0.4, 0.5) is 5.13 Å². The fraction of sp³-hybridized carbons (Fsp3) is 0.500. The molecule has 0 fully saturated rings. The summed E-state index contributed by atoms with van der Waals surface area (Å²) in [6.45, 7) is 1.91. The molecule has 2 N–H and O–H groups in total. The molecule has 0 atom stereocenters. The highest BCUT2D eigenvalue weighted by atomic mass is 32.1. The van der Waals surface area contributed by atoms with Gasteiger partial charge in [0.05, 0.1) is 7.11 Å². The lowest BCUT2D eigenvalue weighted by Gasteiger charge is -2.00. The van der Waals surface area contributed by atoms with Crippen LogP contribution in [0.1, 0.15) is 5.01 Å². The van der Waals surface area contributed by atoms with E-state index in [-0.39, 0.29) is 12.5 Å². The largest absolute Gasteiger partial charge is 0.305 e. The summed E-state index contributed by atoms with van der Waals surface area (Å²) in [6.07, 6.45) is 0. The zero-order valence-corrected chi connectivity index (χ0v) is 8.14. The Kier molecular flexibility index (Phi) is 3.74. The highest BCUT2D eigenvalue weighted by Gasteiger charge is 2.04. The van der Waals surface area contributed by atoms with E-state index < -0.39 is 0 Å². The average molecular weight is 202 g/mol. The highest BCUT2D eigenvalue weighted by Crippen LogP contribution is 2.12. The van der Waals surface area contributed by atoms with E-state index in [0.29, 0.717) is 5.13 Å². The number of carbonyl (C=O) groups is 1. The second kappa shape index (κ2) is 4.85. The fourth-order valence-corrected chi connectivity index (χ4v) is 1.26. The minimum atomic E-state index is -0.210. The number of aromatic nitrogens is 2. The van der Waals surface area contributed by atoms with Crippen molar-refractivity contribution in [3.8, 4) is 0 Å². The predicted octanol–water partition coefficient (Wildman–Crippen LogP) is -0.0640. The maximum absolute atomic E-state index is 11.1. The number of aryl methyl sites for hydroxylation is 1. The Hall–Kier alpha value is -1.05. The maximum atomic E-state index is 11.1. The molecule has 0 aromatic carbocycles. The highest BCUT2D eigenvalue weighted by molar-refractivity contribution is 7.15. The molecule has 1 heterocycles. The van der Waals surface area contributed by atoms with Crippen molar-refractivity contribution in [1.29, 1.82) is 0 Å². The molecule has 0 unspecified atom stereocenters. The van der Waals surface area contributed by atoms with E-state index in [2.05, 4.69) is 25.8 Å². The summed E-state index contributed by atoms with van der Waals surface area (Å²) < 4.78 is 0. The molecule has 1 rings (SSSR count). The van der Waals surface area contributed by atoms with E-state index in [4.69, 9.17) is 0 Å². The molecule has 1 amide bonds. The summed E-state index contributed by atoms with van der Waals surface area (Å²) in [4.78, 5) is 15.6. The monoisotopic (exact) mass is 202 g/mol. The smallest absolute Gasteiger partial charge is 0.242 e. The van der Waals surface area contributed by atoms with E-state index in [1.54, 1.807) is 0 Å². The van der Waals surface area contributed by atoms with Crippen LogP contribution in [0.5, 0.6) is 0 Å². The Morgan fingerprint density at radius 1 is 1.62 bits per heavy atom. The number of nitrogens with zero attached hydrogens (tertiary/aromatic N) is 2. The molecule has 0 saturated carbocycles. The van der Waals surface area contributed by atoms with Gasteiger partial charge in [0.2, 0.25) is 11.0 Å². The third-order valence-electron chi connectivity index (χ3n) is 1.15. The van der Waals surface area contributed by atoms with Crippen molar-refractivity contribution in [2.75, 3.05) is 19.0 Å². The predicted molar refractivity (Wildman–Crippen MR) is 48.3 cm³/mol. The molecule has 0 aliphatic carbocycles. The van der Waals surface area contributed by atoms with E-state index in [0.717, 1.165) is 5.01 Å². The van der Waals surface area contributed by atoms with Crippen molar-refractivity contribution in [3.05, 3.63) is 5.01 Å². The van der Waals surface area contributed by atoms with E-state index in [9.17, 15) is 4.79 Å². The molecule has 13 heavy (non-hydrogen) atoms. The van der Waals surface area contributed by atoms with E-state index in [1.165, 1.54) is 18.4 Å². The Morgan fingerprint density at radius 3 is 2.92 bits per heavy atom. The molecule has 72 valence electrons. The lowest BCUT2D eigenvalue weighted by atomic mass is 10.6. The summed E-state index contributed by atoms with van der Waals surface area (Å²) in [5.41, 5.74) is 2.42. The topological polar surface area (TPSA) is 76.1 Å². The van der Waals surface area contributed by atoms with Crippen LogP contribution >= 0.6 is 11.3 Å². The molecule has 0 aliphatic heterocycles. The van der Waals surface area contributed by atoms with Gasteiger partial charge >= 0.3 is 0 Å². The molecule has 0 saturated heterocycles. The Morgan fingerprint density at radius 2 is 2.38 bits per heavy atom. The first-order chi connectivity index (χ1) is 6.22. The molecule has 0 radical (unpaired) electrons. The number of rotatable bonds is 4. The zero-order valence-electron chi connectivity index (χ0n) is 7.33. The summed E-state index contributed by atoms with van der Waals surface area (Å²) >= 11 is 1.33. The van der Waals surface area contributed by atoms with Crippen LogP contribution in [-0.4, -0.2) is 29.8 Å². The molecule has 1 aromatic rings. The van der Waals surface area contributed by atoms with Crippen molar-refractivity contribution in [3.63, 3.8) is 0 Å². The molecular weight excluding hydrogens is 192 g/mol. The Bertz CT molecular complexity index is 288. The minimum absolute atomic E-state index is 0.0924. The lowest BCUT2D eigenvalue weighted by molar-refractivity contribution is -0.117.